The number of aromatic nitrogens is 5. The lowest BCUT2D eigenvalue weighted by molar-refractivity contribution is 0.293. The summed E-state index contributed by atoms with van der Waals surface area (Å²) in [6.07, 6.45) is 11.0. The molecule has 0 radical (unpaired) electrons. The number of H-pyrrole nitrogens is 1. The Hall–Kier alpha value is -3.00. The summed E-state index contributed by atoms with van der Waals surface area (Å²) in [5.74, 6) is 1.55. The van der Waals surface area contributed by atoms with Gasteiger partial charge in [-0.05, 0) is 62.8 Å². The van der Waals surface area contributed by atoms with Gasteiger partial charge in [-0.25, -0.2) is 4.98 Å². The van der Waals surface area contributed by atoms with E-state index >= 15 is 0 Å². The molecule has 0 unspecified atom stereocenters. The lowest BCUT2D eigenvalue weighted by Gasteiger charge is -2.36. The maximum Gasteiger partial charge on any atom is 0.222 e. The summed E-state index contributed by atoms with van der Waals surface area (Å²) in [7, 11) is 2.14. The maximum absolute atomic E-state index is 6.09. The van der Waals surface area contributed by atoms with E-state index in [1.165, 1.54) is 25.7 Å². The Morgan fingerprint density at radius 3 is 2.45 bits per heavy atom. The van der Waals surface area contributed by atoms with Gasteiger partial charge in [0.15, 0.2) is 5.82 Å². The van der Waals surface area contributed by atoms with E-state index in [1.54, 1.807) is 6.20 Å². The summed E-state index contributed by atoms with van der Waals surface area (Å²) >= 11 is 0. The van der Waals surface area contributed by atoms with Gasteiger partial charge in [0.1, 0.15) is 11.8 Å². The van der Waals surface area contributed by atoms with E-state index in [-0.39, 0.29) is 6.10 Å². The zero-order chi connectivity index (χ0) is 20.8. The molecule has 8 nitrogen and oxygen atoms in total. The standard InChI is InChI=1S/C23H27N7O/c1-30(17-10-15-2-3-16(11-17)26-15)22-9-8-21(28-29-22)20-7-6-19(14-12-24-25-13-14)23(27-20)31-18-4-5-18/h6-9,12-13,15-18,26H,2-5,10-11H2,1H3,(H,24,25)/t15-,16+,17-. The number of piperidine rings is 1. The highest BCUT2D eigenvalue weighted by atomic mass is 16.5. The minimum Gasteiger partial charge on any atom is -0.474 e. The van der Waals surface area contributed by atoms with E-state index in [4.69, 9.17) is 9.72 Å². The zero-order valence-electron chi connectivity index (χ0n) is 17.7. The molecule has 31 heavy (non-hydrogen) atoms. The van der Waals surface area contributed by atoms with Crippen LogP contribution in [0, 0.1) is 0 Å². The highest BCUT2D eigenvalue weighted by molar-refractivity contribution is 5.70. The number of nitrogens with one attached hydrogen (secondary N) is 2. The Morgan fingerprint density at radius 1 is 0.968 bits per heavy atom. The third-order valence-electron chi connectivity index (χ3n) is 6.74. The fourth-order valence-electron chi connectivity index (χ4n) is 4.82. The second kappa shape index (κ2) is 7.60. The minimum absolute atomic E-state index is 0.260. The smallest absolute Gasteiger partial charge is 0.222 e. The van der Waals surface area contributed by atoms with Gasteiger partial charge in [0.2, 0.25) is 5.88 Å². The number of nitrogens with zero attached hydrogens (tertiary/aromatic N) is 5. The third-order valence-corrected chi connectivity index (χ3v) is 6.74. The van der Waals surface area contributed by atoms with Crippen molar-refractivity contribution < 1.29 is 4.74 Å². The predicted octanol–water partition coefficient (Wildman–Crippen LogP) is 3.19. The van der Waals surface area contributed by atoms with Crippen LogP contribution in [0.15, 0.2) is 36.7 Å². The Labute approximate surface area is 181 Å². The van der Waals surface area contributed by atoms with Crippen molar-refractivity contribution in [1.29, 1.82) is 0 Å². The summed E-state index contributed by atoms with van der Waals surface area (Å²) in [5, 5.41) is 19.7. The normalized spacial score (nSPS) is 24.9. The van der Waals surface area contributed by atoms with Gasteiger partial charge >= 0.3 is 0 Å². The van der Waals surface area contributed by atoms with Crippen LogP contribution in [0.4, 0.5) is 5.82 Å². The quantitative estimate of drug-likeness (QED) is 0.636. The fraction of sp³-hybridized carbons (Fsp3) is 0.478. The van der Waals surface area contributed by atoms with Crippen LogP contribution < -0.4 is 15.0 Å². The molecule has 0 amide bonds. The van der Waals surface area contributed by atoms with Crippen molar-refractivity contribution in [2.45, 2.75) is 62.8 Å². The van der Waals surface area contributed by atoms with Gasteiger partial charge in [-0.3, -0.25) is 5.10 Å². The summed E-state index contributed by atoms with van der Waals surface area (Å²) in [5.41, 5.74) is 3.43. The van der Waals surface area contributed by atoms with Crippen LogP contribution in [0.1, 0.15) is 38.5 Å². The van der Waals surface area contributed by atoms with Crippen LogP contribution in [-0.2, 0) is 0 Å². The van der Waals surface area contributed by atoms with E-state index in [0.29, 0.717) is 24.0 Å². The van der Waals surface area contributed by atoms with Gasteiger partial charge < -0.3 is 15.0 Å². The van der Waals surface area contributed by atoms with Crippen LogP contribution >= 0.6 is 0 Å². The number of rotatable bonds is 6. The molecule has 2 N–H and O–H groups in total. The highest BCUT2D eigenvalue weighted by Gasteiger charge is 2.35. The Bertz CT molecular complexity index is 1040. The van der Waals surface area contributed by atoms with Gasteiger partial charge in [0.25, 0.3) is 0 Å². The van der Waals surface area contributed by atoms with E-state index in [1.807, 2.05) is 24.4 Å². The Kier molecular flexibility index (Phi) is 4.60. The molecule has 5 heterocycles. The third kappa shape index (κ3) is 3.76. The highest BCUT2D eigenvalue weighted by Crippen LogP contribution is 2.35. The molecule has 3 atom stereocenters. The Morgan fingerprint density at radius 2 is 1.77 bits per heavy atom. The molecule has 0 spiro atoms. The number of anilines is 1. The van der Waals surface area contributed by atoms with Crippen molar-refractivity contribution in [2.24, 2.45) is 0 Å². The molecule has 1 saturated carbocycles. The topological polar surface area (TPSA) is 91.9 Å². The van der Waals surface area contributed by atoms with Gasteiger partial charge in [-0.1, -0.05) is 0 Å². The summed E-state index contributed by atoms with van der Waals surface area (Å²) in [6, 6.07) is 9.89. The number of pyridine rings is 1. The molecule has 2 saturated heterocycles. The average molecular weight is 418 g/mol. The number of hydrogen-bond acceptors (Lipinski definition) is 7. The van der Waals surface area contributed by atoms with Crippen LogP contribution in [0.5, 0.6) is 5.88 Å². The van der Waals surface area contributed by atoms with Crippen LogP contribution in [-0.4, -0.2) is 56.7 Å². The first kappa shape index (κ1) is 18.7. The molecular formula is C23H27N7O. The fourth-order valence-corrected chi connectivity index (χ4v) is 4.82. The molecule has 3 aromatic rings. The number of ether oxygens (including phenoxy) is 1. The monoisotopic (exact) mass is 417 g/mol. The van der Waals surface area contributed by atoms with Crippen molar-refractivity contribution in [1.82, 2.24) is 30.7 Å². The van der Waals surface area contributed by atoms with E-state index in [0.717, 1.165) is 41.2 Å². The molecule has 8 heteroatoms. The zero-order valence-corrected chi connectivity index (χ0v) is 17.7. The van der Waals surface area contributed by atoms with Gasteiger partial charge in [0.05, 0.1) is 11.9 Å². The molecule has 160 valence electrons. The SMILES string of the molecule is CN(c1ccc(-c2ccc(-c3cn[nH]c3)c(OC3CC3)n2)nn1)[C@@H]1C[C@H]2CC[C@@H](C1)N2. The predicted molar refractivity (Wildman–Crippen MR) is 118 cm³/mol. The lowest BCUT2D eigenvalue weighted by Crippen LogP contribution is -2.47. The summed E-state index contributed by atoms with van der Waals surface area (Å²) in [6.45, 7) is 0. The lowest BCUT2D eigenvalue weighted by atomic mass is 9.98. The molecular weight excluding hydrogens is 390 g/mol. The van der Waals surface area contributed by atoms with Crippen molar-refractivity contribution in [3.05, 3.63) is 36.7 Å². The molecule has 1 aliphatic carbocycles. The second-order valence-corrected chi connectivity index (χ2v) is 9.00. The number of fused-ring (bicyclic) bond motifs is 2. The minimum atomic E-state index is 0.260. The first-order chi connectivity index (χ1) is 15.2. The van der Waals surface area contributed by atoms with Crippen molar-refractivity contribution in [3.63, 3.8) is 0 Å². The molecule has 3 fully saturated rings. The van der Waals surface area contributed by atoms with Crippen LogP contribution in [0.2, 0.25) is 0 Å². The summed E-state index contributed by atoms with van der Waals surface area (Å²) < 4.78 is 6.09. The Balaban J connectivity index is 1.24. The maximum atomic E-state index is 6.09. The van der Waals surface area contributed by atoms with Gasteiger partial charge in [0, 0.05) is 42.5 Å². The first-order valence-electron chi connectivity index (χ1n) is 11.2. The molecule has 2 aliphatic heterocycles. The average Bonchev–Trinajstić information content (AvgIpc) is 3.32. The number of aromatic amines is 1. The van der Waals surface area contributed by atoms with Gasteiger partial charge in [-0.2, -0.15) is 5.10 Å². The number of hydrogen-bond donors (Lipinski definition) is 2. The van der Waals surface area contributed by atoms with Crippen molar-refractivity contribution >= 4 is 5.82 Å². The van der Waals surface area contributed by atoms with Gasteiger partial charge in [-0.15, -0.1) is 10.2 Å². The van der Waals surface area contributed by atoms with Crippen molar-refractivity contribution in [2.75, 3.05) is 11.9 Å². The molecule has 3 aromatic heterocycles. The first-order valence-corrected chi connectivity index (χ1v) is 11.2. The summed E-state index contributed by atoms with van der Waals surface area (Å²) in [4.78, 5) is 7.07. The molecule has 3 aliphatic rings. The second-order valence-electron chi connectivity index (χ2n) is 9.00. The largest absolute Gasteiger partial charge is 0.474 e. The van der Waals surface area contributed by atoms with Crippen LogP contribution in [0.3, 0.4) is 0 Å². The van der Waals surface area contributed by atoms with E-state index < -0.39 is 0 Å². The van der Waals surface area contributed by atoms with Crippen LogP contribution in [0.25, 0.3) is 22.5 Å². The molecule has 6 rings (SSSR count). The van der Waals surface area contributed by atoms with Crippen molar-refractivity contribution in [3.8, 4) is 28.4 Å². The van der Waals surface area contributed by atoms with E-state index in [2.05, 4.69) is 43.7 Å². The molecule has 2 bridgehead atoms. The van der Waals surface area contributed by atoms with E-state index in [9.17, 15) is 0 Å². The molecule has 0 aromatic carbocycles.